The lowest BCUT2D eigenvalue weighted by Gasteiger charge is -2.14. The summed E-state index contributed by atoms with van der Waals surface area (Å²) < 4.78 is 3.29. The second-order valence-corrected chi connectivity index (χ2v) is 7.27. The Morgan fingerprint density at radius 3 is 2.62 bits per heavy atom. The zero-order chi connectivity index (χ0) is 15.6. The van der Waals surface area contributed by atoms with E-state index in [-0.39, 0.29) is 5.78 Å². The quantitative estimate of drug-likeness (QED) is 0.711. The van der Waals surface area contributed by atoms with Crippen LogP contribution < -0.4 is 0 Å². The fourth-order valence-corrected chi connectivity index (χ4v) is 4.19. The van der Waals surface area contributed by atoms with Crippen molar-refractivity contribution in [1.29, 1.82) is 0 Å². The van der Waals surface area contributed by atoms with Gasteiger partial charge in [-0.05, 0) is 55.9 Å². The zero-order valence-corrected chi connectivity index (χ0v) is 15.3. The highest BCUT2D eigenvalue weighted by molar-refractivity contribution is 9.10. The average molecular weight is 369 g/mol. The highest BCUT2D eigenvalue weighted by Crippen LogP contribution is 2.21. The van der Waals surface area contributed by atoms with Gasteiger partial charge in [-0.2, -0.15) is 0 Å². The van der Waals surface area contributed by atoms with Crippen LogP contribution in [-0.2, 0) is 13.1 Å². The van der Waals surface area contributed by atoms with Crippen LogP contribution in [0.5, 0.6) is 0 Å². The van der Waals surface area contributed by atoms with Crippen molar-refractivity contribution in [3.63, 3.8) is 0 Å². The number of hydrogen-bond donors (Lipinski definition) is 0. The van der Waals surface area contributed by atoms with Crippen molar-refractivity contribution in [2.24, 2.45) is 0 Å². The number of carbonyl (C=O) groups excluding carboxylic acids is 1. The molecule has 0 spiro atoms. The summed E-state index contributed by atoms with van der Waals surface area (Å²) in [7, 11) is 1.99. The number of thiophene rings is 1. The van der Waals surface area contributed by atoms with Crippen LogP contribution in [0.3, 0.4) is 0 Å². The maximum Gasteiger partial charge on any atom is 0.178 e. The van der Waals surface area contributed by atoms with E-state index in [0.717, 1.165) is 34.5 Å². The monoisotopic (exact) mass is 368 g/mol. The Bertz CT molecular complexity index is 645. The average Bonchev–Trinajstić information content (AvgIpc) is 2.93. The van der Waals surface area contributed by atoms with E-state index in [1.54, 1.807) is 11.3 Å². The fourth-order valence-electron chi connectivity index (χ4n) is 2.66. The molecule has 0 aromatic carbocycles. The molecule has 0 unspecified atom stereocenters. The van der Waals surface area contributed by atoms with Crippen molar-refractivity contribution in [3.05, 3.63) is 43.8 Å². The van der Waals surface area contributed by atoms with E-state index >= 15 is 0 Å². The van der Waals surface area contributed by atoms with E-state index in [9.17, 15) is 4.79 Å². The Morgan fingerprint density at radius 1 is 1.38 bits per heavy atom. The van der Waals surface area contributed by atoms with Gasteiger partial charge in [0.15, 0.2) is 5.78 Å². The molecule has 0 N–H and O–H groups in total. The van der Waals surface area contributed by atoms with Crippen LogP contribution in [0, 0.1) is 13.8 Å². The third-order valence-electron chi connectivity index (χ3n) is 3.65. The third-order valence-corrected chi connectivity index (χ3v) is 5.33. The molecule has 114 valence electrons. The van der Waals surface area contributed by atoms with E-state index in [0.29, 0.717) is 6.54 Å². The maximum absolute atomic E-state index is 12.5. The van der Waals surface area contributed by atoms with Crippen molar-refractivity contribution in [2.75, 3.05) is 13.6 Å². The summed E-state index contributed by atoms with van der Waals surface area (Å²) in [6.45, 7) is 8.34. The minimum absolute atomic E-state index is 0.195. The van der Waals surface area contributed by atoms with Gasteiger partial charge in [-0.25, -0.2) is 0 Å². The molecule has 5 heteroatoms. The molecular weight excluding hydrogens is 348 g/mol. The van der Waals surface area contributed by atoms with Crippen molar-refractivity contribution < 1.29 is 4.79 Å². The number of hydrogen-bond acceptors (Lipinski definition) is 3. The Kier molecular flexibility index (Phi) is 5.41. The highest BCUT2D eigenvalue weighted by Gasteiger charge is 2.16. The molecule has 2 aromatic heterocycles. The second-order valence-electron chi connectivity index (χ2n) is 5.36. The lowest BCUT2D eigenvalue weighted by Crippen LogP contribution is -2.25. The first-order valence-corrected chi connectivity index (χ1v) is 8.71. The number of rotatable bonds is 6. The van der Waals surface area contributed by atoms with Gasteiger partial charge in [0.05, 0.1) is 6.54 Å². The van der Waals surface area contributed by atoms with E-state index in [4.69, 9.17) is 0 Å². The Morgan fingerprint density at radius 2 is 2.10 bits per heavy atom. The molecule has 3 nitrogen and oxygen atoms in total. The Hall–Kier alpha value is -0.910. The van der Waals surface area contributed by atoms with Crippen LogP contribution in [0.1, 0.15) is 33.5 Å². The second kappa shape index (κ2) is 6.90. The van der Waals surface area contributed by atoms with E-state index in [1.807, 2.05) is 20.0 Å². The van der Waals surface area contributed by atoms with Crippen LogP contribution in [0.4, 0.5) is 0 Å². The predicted octanol–water partition coefficient (Wildman–Crippen LogP) is 4.26. The van der Waals surface area contributed by atoms with Crippen molar-refractivity contribution in [2.45, 2.75) is 33.9 Å². The fraction of sp³-hybridized carbons (Fsp3) is 0.438. The molecule has 0 aliphatic carbocycles. The molecule has 2 heterocycles. The molecular formula is C16H21BrN2OS. The van der Waals surface area contributed by atoms with Crippen molar-refractivity contribution >= 4 is 33.0 Å². The zero-order valence-electron chi connectivity index (χ0n) is 12.9. The first-order valence-electron chi connectivity index (χ1n) is 7.03. The number of nitrogens with zero attached hydrogens (tertiary/aromatic N) is 2. The summed E-state index contributed by atoms with van der Waals surface area (Å²) in [5, 5.41) is 2.07. The van der Waals surface area contributed by atoms with Crippen LogP contribution in [-0.4, -0.2) is 28.8 Å². The predicted molar refractivity (Wildman–Crippen MR) is 92.3 cm³/mol. The molecule has 2 rings (SSSR count). The first kappa shape index (κ1) is 16.5. The summed E-state index contributed by atoms with van der Waals surface area (Å²) in [6, 6.07) is 4.12. The Labute approximate surface area is 138 Å². The summed E-state index contributed by atoms with van der Waals surface area (Å²) in [6.07, 6.45) is 0. The normalized spacial score (nSPS) is 11.3. The van der Waals surface area contributed by atoms with Crippen molar-refractivity contribution in [3.8, 4) is 0 Å². The number of carbonyl (C=O) groups is 1. The van der Waals surface area contributed by atoms with Gasteiger partial charge < -0.3 is 4.57 Å². The van der Waals surface area contributed by atoms with Crippen LogP contribution in [0.2, 0.25) is 0 Å². The van der Waals surface area contributed by atoms with Gasteiger partial charge in [-0.15, -0.1) is 11.3 Å². The smallest absolute Gasteiger partial charge is 0.178 e. The number of ketones is 1. The van der Waals surface area contributed by atoms with Gasteiger partial charge in [-0.3, -0.25) is 9.69 Å². The lowest BCUT2D eigenvalue weighted by molar-refractivity contribution is 0.0943. The SMILES string of the molecule is CCn1c(C)cc(C(=O)CN(C)Cc2cc(Br)cs2)c1C. The van der Waals surface area contributed by atoms with E-state index in [1.165, 1.54) is 4.88 Å². The molecule has 0 aliphatic heterocycles. The van der Waals surface area contributed by atoms with Crippen molar-refractivity contribution in [1.82, 2.24) is 9.47 Å². The molecule has 0 amide bonds. The molecule has 21 heavy (non-hydrogen) atoms. The Balaban J connectivity index is 2.04. The van der Waals surface area contributed by atoms with E-state index < -0.39 is 0 Å². The number of likely N-dealkylation sites (N-methyl/N-ethyl adjacent to an activating group) is 1. The summed E-state index contributed by atoms with van der Waals surface area (Å²) in [5.74, 6) is 0.195. The first-order chi connectivity index (χ1) is 9.92. The van der Waals surface area contributed by atoms with Gasteiger partial charge in [0, 0.05) is 44.8 Å². The largest absolute Gasteiger partial charge is 0.349 e. The molecule has 0 aliphatic rings. The summed E-state index contributed by atoms with van der Waals surface area (Å²) in [5.41, 5.74) is 3.09. The minimum atomic E-state index is 0.195. The third kappa shape index (κ3) is 3.84. The topological polar surface area (TPSA) is 25.2 Å². The molecule has 0 saturated carbocycles. The molecule has 0 radical (unpaired) electrons. The standard InChI is InChI=1S/C16H21BrN2OS/c1-5-19-11(2)6-15(12(19)3)16(20)9-18(4)8-14-7-13(17)10-21-14/h6-7,10H,5,8-9H2,1-4H3. The highest BCUT2D eigenvalue weighted by atomic mass is 79.9. The molecule has 2 aromatic rings. The number of aryl methyl sites for hydroxylation is 1. The molecule has 0 atom stereocenters. The maximum atomic E-state index is 12.5. The number of Topliss-reactive ketones (excluding diaryl/α,β-unsaturated/α-hetero) is 1. The van der Waals surface area contributed by atoms with Crippen LogP contribution in [0.15, 0.2) is 22.0 Å². The lowest BCUT2D eigenvalue weighted by atomic mass is 10.1. The van der Waals surface area contributed by atoms with E-state index in [2.05, 4.69) is 50.7 Å². The summed E-state index contributed by atoms with van der Waals surface area (Å²) >= 11 is 5.17. The van der Waals surface area contributed by atoms with Gasteiger partial charge in [0.25, 0.3) is 0 Å². The number of halogens is 1. The summed E-state index contributed by atoms with van der Waals surface area (Å²) in [4.78, 5) is 15.8. The van der Waals surface area contributed by atoms with Gasteiger partial charge in [0.1, 0.15) is 0 Å². The molecule has 0 bridgehead atoms. The minimum Gasteiger partial charge on any atom is -0.349 e. The molecule has 0 fully saturated rings. The van der Waals surface area contributed by atoms with Crippen LogP contribution in [0.25, 0.3) is 0 Å². The van der Waals surface area contributed by atoms with Gasteiger partial charge in [-0.1, -0.05) is 0 Å². The number of aromatic nitrogens is 1. The molecule has 0 saturated heterocycles. The van der Waals surface area contributed by atoms with Gasteiger partial charge in [0.2, 0.25) is 0 Å². The van der Waals surface area contributed by atoms with Crippen LogP contribution >= 0.6 is 27.3 Å². The van der Waals surface area contributed by atoms with Gasteiger partial charge >= 0.3 is 0 Å².